The smallest absolute Gasteiger partial charge is 0.216 e. The summed E-state index contributed by atoms with van der Waals surface area (Å²) < 4.78 is 12.5. The van der Waals surface area contributed by atoms with Crippen molar-refractivity contribution in [1.82, 2.24) is 14.7 Å². The molecule has 1 aromatic heterocycles. The second kappa shape index (κ2) is 7.61. The van der Waals surface area contributed by atoms with Crippen LogP contribution in [0, 0.1) is 6.92 Å². The molecule has 0 saturated carbocycles. The number of aryl methyl sites for hydroxylation is 2. The Labute approximate surface area is 121 Å². The van der Waals surface area contributed by atoms with Crippen molar-refractivity contribution in [2.45, 2.75) is 32.9 Å². The second-order valence-electron chi connectivity index (χ2n) is 5.02. The number of nitrogens with zero attached hydrogens (tertiary/aromatic N) is 3. The monoisotopic (exact) mass is 284 g/mol. The maximum atomic E-state index is 6.04. The second-order valence-corrected chi connectivity index (χ2v) is 5.02. The summed E-state index contributed by atoms with van der Waals surface area (Å²) in [5, 5.41) is 4.45. The van der Waals surface area contributed by atoms with Crippen LogP contribution in [0.3, 0.4) is 0 Å². The van der Waals surface area contributed by atoms with Gasteiger partial charge in [0, 0.05) is 26.7 Å². The Bertz CT molecular complexity index is 420. The Hall–Kier alpha value is -1.11. The summed E-state index contributed by atoms with van der Waals surface area (Å²) in [5.74, 6) is 0.779. The normalized spacial score (nSPS) is 14.6. The highest BCUT2D eigenvalue weighted by Crippen LogP contribution is 2.32. The van der Waals surface area contributed by atoms with Gasteiger partial charge in [-0.1, -0.05) is 6.92 Å². The van der Waals surface area contributed by atoms with Crippen molar-refractivity contribution in [1.29, 1.82) is 0 Å². The van der Waals surface area contributed by atoms with Crippen molar-refractivity contribution in [2.75, 3.05) is 33.9 Å². The van der Waals surface area contributed by atoms with E-state index in [2.05, 4.69) is 23.8 Å². The highest BCUT2D eigenvalue weighted by molar-refractivity contribution is 5.34. The summed E-state index contributed by atoms with van der Waals surface area (Å²) in [6.45, 7) is 8.36. The quantitative estimate of drug-likeness (QED) is 0.774. The minimum atomic E-state index is 0.0776. The Kier molecular flexibility index (Phi) is 6.45. The van der Waals surface area contributed by atoms with Crippen molar-refractivity contribution in [3.63, 3.8) is 0 Å². The number of hydrogen-bond donors (Lipinski definition) is 1. The Morgan fingerprint density at radius 2 is 2.05 bits per heavy atom. The van der Waals surface area contributed by atoms with Crippen LogP contribution in [0.15, 0.2) is 0 Å². The molecule has 0 amide bonds. The molecular weight excluding hydrogens is 256 g/mol. The molecule has 2 unspecified atom stereocenters. The molecule has 2 atom stereocenters. The lowest BCUT2D eigenvalue weighted by Crippen LogP contribution is -2.42. The predicted octanol–water partition coefficient (Wildman–Crippen LogP) is 1.09. The highest BCUT2D eigenvalue weighted by Gasteiger charge is 2.29. The SMILES string of the molecule is CCN(C(C)COC)C(CN)c1c(C)nn(C)c1OC. The van der Waals surface area contributed by atoms with Crippen LogP contribution >= 0.6 is 0 Å². The summed E-state index contributed by atoms with van der Waals surface area (Å²) in [5.41, 5.74) is 8.07. The maximum Gasteiger partial charge on any atom is 0.216 e. The lowest BCUT2D eigenvalue weighted by atomic mass is 10.0. The average Bonchev–Trinajstić information content (AvgIpc) is 2.70. The Morgan fingerprint density at radius 3 is 2.50 bits per heavy atom. The molecule has 1 aromatic rings. The van der Waals surface area contributed by atoms with E-state index in [4.69, 9.17) is 15.2 Å². The zero-order chi connectivity index (χ0) is 15.3. The molecule has 0 fully saturated rings. The van der Waals surface area contributed by atoms with Crippen LogP contribution in [0.5, 0.6) is 5.88 Å². The van der Waals surface area contributed by atoms with E-state index in [0.29, 0.717) is 13.2 Å². The van der Waals surface area contributed by atoms with Gasteiger partial charge in [-0.25, -0.2) is 4.68 Å². The molecule has 0 aromatic carbocycles. The molecule has 1 rings (SSSR count). The van der Waals surface area contributed by atoms with Gasteiger partial charge < -0.3 is 15.2 Å². The first-order valence-electron chi connectivity index (χ1n) is 7.03. The van der Waals surface area contributed by atoms with Gasteiger partial charge in [0.15, 0.2) is 0 Å². The van der Waals surface area contributed by atoms with Crippen LogP contribution in [-0.2, 0) is 11.8 Å². The van der Waals surface area contributed by atoms with E-state index in [1.165, 1.54) is 0 Å². The van der Waals surface area contributed by atoms with Crippen molar-refractivity contribution in [3.8, 4) is 5.88 Å². The van der Waals surface area contributed by atoms with Gasteiger partial charge in [-0.15, -0.1) is 0 Å². The van der Waals surface area contributed by atoms with Gasteiger partial charge in [0.25, 0.3) is 0 Å². The summed E-state index contributed by atoms with van der Waals surface area (Å²) in [7, 11) is 5.28. The molecule has 2 N–H and O–H groups in total. The number of rotatable bonds is 8. The molecular formula is C14H28N4O2. The van der Waals surface area contributed by atoms with Crippen LogP contribution in [-0.4, -0.2) is 54.6 Å². The summed E-state index contributed by atoms with van der Waals surface area (Å²) in [4.78, 5) is 2.33. The standard InChI is InChI=1S/C14H28N4O2/c1-7-18(10(2)9-19-5)12(8-15)13-11(3)16-17(4)14(13)20-6/h10,12H,7-9,15H2,1-6H3. The lowest BCUT2D eigenvalue weighted by Gasteiger charge is -2.35. The van der Waals surface area contributed by atoms with Gasteiger partial charge in [-0.2, -0.15) is 5.10 Å². The summed E-state index contributed by atoms with van der Waals surface area (Å²) in [6, 6.07) is 0.358. The van der Waals surface area contributed by atoms with Crippen LogP contribution in [0.4, 0.5) is 0 Å². The maximum absolute atomic E-state index is 6.04. The highest BCUT2D eigenvalue weighted by atomic mass is 16.5. The molecule has 0 bridgehead atoms. The third-order valence-electron chi connectivity index (χ3n) is 3.70. The van der Waals surface area contributed by atoms with Gasteiger partial charge in [0.05, 0.1) is 31.0 Å². The van der Waals surface area contributed by atoms with Crippen molar-refractivity contribution >= 4 is 0 Å². The first kappa shape index (κ1) is 16.9. The molecule has 6 heteroatoms. The molecule has 0 aliphatic carbocycles. The molecule has 0 aliphatic heterocycles. The van der Waals surface area contributed by atoms with Gasteiger partial charge in [-0.3, -0.25) is 4.90 Å². The zero-order valence-corrected chi connectivity index (χ0v) is 13.5. The van der Waals surface area contributed by atoms with Gasteiger partial charge in [0.2, 0.25) is 5.88 Å². The minimum absolute atomic E-state index is 0.0776. The van der Waals surface area contributed by atoms with Gasteiger partial charge >= 0.3 is 0 Å². The molecule has 0 spiro atoms. The molecule has 1 heterocycles. The molecule has 116 valence electrons. The van der Waals surface area contributed by atoms with E-state index >= 15 is 0 Å². The predicted molar refractivity (Wildman–Crippen MR) is 80.0 cm³/mol. The first-order valence-corrected chi connectivity index (χ1v) is 7.03. The summed E-state index contributed by atoms with van der Waals surface area (Å²) >= 11 is 0. The van der Waals surface area contributed by atoms with E-state index < -0.39 is 0 Å². The topological polar surface area (TPSA) is 65.5 Å². The van der Waals surface area contributed by atoms with E-state index in [0.717, 1.165) is 23.7 Å². The molecule has 20 heavy (non-hydrogen) atoms. The fourth-order valence-corrected chi connectivity index (χ4v) is 2.87. The number of ether oxygens (including phenoxy) is 2. The molecule has 6 nitrogen and oxygen atoms in total. The number of nitrogens with two attached hydrogens (primary N) is 1. The Balaban J connectivity index is 3.17. The third-order valence-corrected chi connectivity index (χ3v) is 3.70. The average molecular weight is 284 g/mol. The van der Waals surface area contributed by atoms with E-state index in [1.807, 2.05) is 14.0 Å². The minimum Gasteiger partial charge on any atom is -0.481 e. The number of aromatic nitrogens is 2. The van der Waals surface area contributed by atoms with Crippen LogP contribution < -0.4 is 10.5 Å². The number of methoxy groups -OCH3 is 2. The van der Waals surface area contributed by atoms with Crippen LogP contribution in [0.25, 0.3) is 0 Å². The lowest BCUT2D eigenvalue weighted by molar-refractivity contribution is 0.0740. The van der Waals surface area contributed by atoms with Gasteiger partial charge in [0.1, 0.15) is 0 Å². The van der Waals surface area contributed by atoms with Crippen LogP contribution in [0.1, 0.15) is 31.1 Å². The first-order chi connectivity index (χ1) is 9.51. The number of likely N-dealkylation sites (N-methyl/N-ethyl adjacent to an activating group) is 1. The van der Waals surface area contributed by atoms with Gasteiger partial charge in [-0.05, 0) is 20.4 Å². The van der Waals surface area contributed by atoms with Crippen molar-refractivity contribution < 1.29 is 9.47 Å². The summed E-state index contributed by atoms with van der Waals surface area (Å²) in [6.07, 6.45) is 0. The van der Waals surface area contributed by atoms with E-state index in [9.17, 15) is 0 Å². The fourth-order valence-electron chi connectivity index (χ4n) is 2.87. The Morgan fingerprint density at radius 1 is 1.40 bits per heavy atom. The largest absolute Gasteiger partial charge is 0.481 e. The van der Waals surface area contributed by atoms with E-state index in [1.54, 1.807) is 18.9 Å². The van der Waals surface area contributed by atoms with Crippen molar-refractivity contribution in [3.05, 3.63) is 11.3 Å². The molecule has 0 aliphatic rings. The third kappa shape index (κ3) is 3.31. The molecule has 0 radical (unpaired) electrons. The van der Waals surface area contributed by atoms with Crippen molar-refractivity contribution in [2.24, 2.45) is 12.8 Å². The molecule has 0 saturated heterocycles. The van der Waals surface area contributed by atoms with Crippen LogP contribution in [0.2, 0.25) is 0 Å². The fraction of sp³-hybridized carbons (Fsp3) is 0.786. The zero-order valence-electron chi connectivity index (χ0n) is 13.5. The number of hydrogen-bond acceptors (Lipinski definition) is 5. The van der Waals surface area contributed by atoms with E-state index in [-0.39, 0.29) is 12.1 Å².